The summed E-state index contributed by atoms with van der Waals surface area (Å²) in [7, 11) is 4.33. The highest BCUT2D eigenvalue weighted by Gasteiger charge is 2.46. The van der Waals surface area contributed by atoms with E-state index in [4.69, 9.17) is 0 Å². The summed E-state index contributed by atoms with van der Waals surface area (Å²) in [6.45, 7) is 8.64. The third-order valence-electron chi connectivity index (χ3n) is 11.6. The standard InChI is InChI=1S/C47H43N5/c1-46(2,3)33-26-34(28-36(27-33)51-31-49(5)43-20-11-12-21-44(43)51)47(32-14-7-6-8-15-32)39-18-13-17-38-37-16-9-10-19-41(37)52(45(38)39)42-23-22-35(29-40(42)47)50-25-24-48(4)30-50/h6-29H,30-31H2,1-5H3. The van der Waals surface area contributed by atoms with E-state index in [-0.39, 0.29) is 5.41 Å². The first-order valence-electron chi connectivity index (χ1n) is 18.4. The van der Waals surface area contributed by atoms with Crippen LogP contribution in [0.2, 0.25) is 0 Å². The number of para-hydroxylation sites is 4. The molecule has 0 saturated carbocycles. The Hall–Kier alpha value is -5.94. The zero-order valence-corrected chi connectivity index (χ0v) is 30.5. The fourth-order valence-electron chi connectivity index (χ4n) is 9.10. The van der Waals surface area contributed by atoms with Gasteiger partial charge in [0, 0.05) is 48.6 Å². The van der Waals surface area contributed by atoms with Crippen molar-refractivity contribution in [3.05, 3.63) is 174 Å². The summed E-state index contributed by atoms with van der Waals surface area (Å²) >= 11 is 0. The van der Waals surface area contributed by atoms with Crippen LogP contribution in [-0.2, 0) is 10.8 Å². The summed E-state index contributed by atoms with van der Waals surface area (Å²) in [4.78, 5) is 9.43. The average Bonchev–Trinajstić information content (AvgIpc) is 3.86. The van der Waals surface area contributed by atoms with Gasteiger partial charge in [-0.15, -0.1) is 0 Å². The minimum absolute atomic E-state index is 0.0844. The Balaban J connectivity index is 1.37. The lowest BCUT2D eigenvalue weighted by Gasteiger charge is -2.43. The Labute approximate surface area is 306 Å². The SMILES string of the molecule is CN1C=CN(c2ccc3c(c2)C(c2ccccc2)(c2cc(N4CN(C)c5ccccc54)cc(C(C)(C)C)c2)c2cccc4c5ccccc5n-3c24)C1. The van der Waals surface area contributed by atoms with Crippen LogP contribution in [0.25, 0.3) is 27.5 Å². The number of benzene rings is 6. The molecule has 5 heteroatoms. The summed E-state index contributed by atoms with van der Waals surface area (Å²) in [5.74, 6) is 0. The smallest absolute Gasteiger partial charge is 0.0950 e. The summed E-state index contributed by atoms with van der Waals surface area (Å²) in [5, 5.41) is 2.57. The van der Waals surface area contributed by atoms with Gasteiger partial charge < -0.3 is 24.2 Å². The molecule has 52 heavy (non-hydrogen) atoms. The monoisotopic (exact) mass is 677 g/mol. The maximum Gasteiger partial charge on any atom is 0.0950 e. The molecule has 0 bridgehead atoms. The lowest BCUT2D eigenvalue weighted by molar-refractivity contribution is 0.495. The van der Waals surface area contributed by atoms with E-state index in [9.17, 15) is 0 Å². The van der Waals surface area contributed by atoms with Gasteiger partial charge >= 0.3 is 0 Å². The highest BCUT2D eigenvalue weighted by Crippen LogP contribution is 2.56. The second-order valence-corrected chi connectivity index (χ2v) is 15.8. The second-order valence-electron chi connectivity index (χ2n) is 15.8. The zero-order chi connectivity index (χ0) is 35.4. The molecule has 5 nitrogen and oxygen atoms in total. The van der Waals surface area contributed by atoms with E-state index in [2.05, 4.69) is 205 Å². The minimum Gasteiger partial charge on any atom is -0.361 e. The number of anilines is 4. The van der Waals surface area contributed by atoms with Gasteiger partial charge in [-0.3, -0.25) is 0 Å². The third-order valence-corrected chi connectivity index (χ3v) is 11.6. The molecule has 0 N–H and O–H groups in total. The quantitative estimate of drug-likeness (QED) is 0.184. The molecule has 3 aliphatic heterocycles. The summed E-state index contributed by atoms with van der Waals surface area (Å²) in [6, 6.07) is 50.5. The topological polar surface area (TPSA) is 17.9 Å². The Morgan fingerprint density at radius 1 is 0.558 bits per heavy atom. The van der Waals surface area contributed by atoms with E-state index < -0.39 is 5.41 Å². The highest BCUT2D eigenvalue weighted by molar-refractivity contribution is 6.12. The fourth-order valence-corrected chi connectivity index (χ4v) is 9.10. The van der Waals surface area contributed by atoms with Crippen LogP contribution in [0.15, 0.2) is 146 Å². The van der Waals surface area contributed by atoms with E-state index in [1.165, 1.54) is 78.1 Å². The molecule has 4 heterocycles. The molecule has 10 rings (SSSR count). The van der Waals surface area contributed by atoms with Gasteiger partial charge in [-0.05, 0) is 81.8 Å². The first-order chi connectivity index (χ1) is 25.2. The van der Waals surface area contributed by atoms with Gasteiger partial charge in [0.2, 0.25) is 0 Å². The van der Waals surface area contributed by atoms with E-state index >= 15 is 0 Å². The Kier molecular flexibility index (Phi) is 6.54. The first kappa shape index (κ1) is 30.8. The van der Waals surface area contributed by atoms with Crippen LogP contribution in [0.1, 0.15) is 48.6 Å². The molecule has 7 aromatic rings. The molecule has 3 aliphatic rings. The van der Waals surface area contributed by atoms with Crippen molar-refractivity contribution < 1.29 is 0 Å². The molecule has 0 aliphatic carbocycles. The van der Waals surface area contributed by atoms with Gasteiger partial charge in [-0.2, -0.15) is 0 Å². The van der Waals surface area contributed by atoms with Crippen molar-refractivity contribution in [2.75, 3.05) is 42.1 Å². The van der Waals surface area contributed by atoms with Gasteiger partial charge in [-0.25, -0.2) is 0 Å². The molecular weight excluding hydrogens is 635 g/mol. The van der Waals surface area contributed by atoms with Crippen LogP contribution >= 0.6 is 0 Å². The predicted molar refractivity (Wildman–Crippen MR) is 217 cm³/mol. The van der Waals surface area contributed by atoms with Gasteiger partial charge in [-0.1, -0.05) is 106 Å². The van der Waals surface area contributed by atoms with Gasteiger partial charge in [0.1, 0.15) is 0 Å². The molecule has 1 atom stereocenters. The molecule has 0 saturated heterocycles. The number of fused-ring (bicyclic) bond motifs is 6. The maximum atomic E-state index is 2.53. The lowest BCUT2D eigenvalue weighted by Crippen LogP contribution is -2.36. The zero-order valence-electron chi connectivity index (χ0n) is 30.5. The van der Waals surface area contributed by atoms with Crippen LogP contribution in [0.4, 0.5) is 22.7 Å². The van der Waals surface area contributed by atoms with Crippen molar-refractivity contribution in [2.45, 2.75) is 31.6 Å². The summed E-state index contributed by atoms with van der Waals surface area (Å²) < 4.78 is 2.53. The largest absolute Gasteiger partial charge is 0.361 e. The molecule has 0 spiro atoms. The van der Waals surface area contributed by atoms with E-state index in [0.29, 0.717) is 0 Å². The molecule has 0 fully saturated rings. The van der Waals surface area contributed by atoms with Crippen LogP contribution < -0.4 is 14.7 Å². The summed E-state index contributed by atoms with van der Waals surface area (Å²) in [5.41, 5.74) is 14.4. The molecule has 1 unspecified atom stereocenters. The maximum absolute atomic E-state index is 2.53. The Morgan fingerprint density at radius 2 is 1.31 bits per heavy atom. The number of hydrogen-bond donors (Lipinski definition) is 0. The number of rotatable bonds is 4. The molecule has 256 valence electrons. The molecule has 6 aromatic carbocycles. The predicted octanol–water partition coefficient (Wildman–Crippen LogP) is 10.5. The van der Waals surface area contributed by atoms with Crippen molar-refractivity contribution >= 4 is 44.6 Å². The van der Waals surface area contributed by atoms with E-state index in [1.807, 2.05) is 0 Å². The van der Waals surface area contributed by atoms with Crippen molar-refractivity contribution in [1.82, 2.24) is 9.47 Å². The molecular formula is C47H43N5. The average molecular weight is 678 g/mol. The fraction of sp³-hybridized carbons (Fsp3) is 0.191. The molecule has 0 radical (unpaired) electrons. The van der Waals surface area contributed by atoms with Crippen molar-refractivity contribution in [3.8, 4) is 5.69 Å². The normalized spacial score (nSPS) is 17.8. The van der Waals surface area contributed by atoms with Crippen molar-refractivity contribution in [2.24, 2.45) is 0 Å². The van der Waals surface area contributed by atoms with Gasteiger partial charge in [0.15, 0.2) is 0 Å². The summed E-state index contributed by atoms with van der Waals surface area (Å²) in [6.07, 6.45) is 4.36. The van der Waals surface area contributed by atoms with Gasteiger partial charge in [0.05, 0.1) is 46.8 Å². The number of hydrogen-bond acceptors (Lipinski definition) is 4. The van der Waals surface area contributed by atoms with E-state index in [0.717, 1.165) is 13.3 Å². The Morgan fingerprint density at radius 3 is 2.10 bits per heavy atom. The van der Waals surface area contributed by atoms with Crippen LogP contribution in [0.3, 0.4) is 0 Å². The number of nitrogens with zero attached hydrogens (tertiary/aromatic N) is 5. The van der Waals surface area contributed by atoms with E-state index in [1.54, 1.807) is 0 Å². The lowest BCUT2D eigenvalue weighted by atomic mass is 9.62. The number of aromatic nitrogens is 1. The van der Waals surface area contributed by atoms with Crippen molar-refractivity contribution in [3.63, 3.8) is 0 Å². The van der Waals surface area contributed by atoms with Crippen LogP contribution in [0.5, 0.6) is 0 Å². The van der Waals surface area contributed by atoms with Crippen LogP contribution in [-0.4, -0.2) is 36.9 Å². The van der Waals surface area contributed by atoms with Crippen LogP contribution in [0, 0.1) is 0 Å². The molecule has 1 aromatic heterocycles. The van der Waals surface area contributed by atoms with Gasteiger partial charge in [0.25, 0.3) is 0 Å². The first-order valence-corrected chi connectivity index (χ1v) is 18.4. The minimum atomic E-state index is -0.618. The Bertz CT molecular complexity index is 2570. The third kappa shape index (κ3) is 4.29. The molecule has 0 amide bonds. The highest BCUT2D eigenvalue weighted by atomic mass is 15.4. The second kappa shape index (κ2) is 11.0. The van der Waals surface area contributed by atoms with Crippen molar-refractivity contribution in [1.29, 1.82) is 0 Å².